The van der Waals surface area contributed by atoms with E-state index in [2.05, 4.69) is 39.3 Å². The van der Waals surface area contributed by atoms with Crippen molar-refractivity contribution in [1.82, 2.24) is 24.9 Å². The third-order valence-corrected chi connectivity index (χ3v) is 6.20. The van der Waals surface area contributed by atoms with Gasteiger partial charge in [-0.2, -0.15) is 5.10 Å². The van der Waals surface area contributed by atoms with Crippen LogP contribution in [0.2, 0.25) is 0 Å². The number of carbonyl (C=O) groups excluding carboxylic acids is 1. The number of rotatable bonds is 4. The molecule has 166 valence electrons. The molecule has 5 rings (SSSR count). The van der Waals surface area contributed by atoms with E-state index >= 15 is 0 Å². The maximum Gasteiger partial charge on any atom is 0.257 e. The highest BCUT2D eigenvalue weighted by atomic mass is 16.2. The molecule has 0 N–H and O–H groups in total. The van der Waals surface area contributed by atoms with Gasteiger partial charge in [-0.3, -0.25) is 4.79 Å². The summed E-state index contributed by atoms with van der Waals surface area (Å²) in [5.41, 5.74) is 5.60. The molecule has 1 aliphatic rings. The van der Waals surface area contributed by atoms with Gasteiger partial charge in [-0.15, -0.1) is 10.2 Å². The van der Waals surface area contributed by atoms with Crippen LogP contribution >= 0.6 is 0 Å². The number of aryl methyl sites for hydroxylation is 1. The van der Waals surface area contributed by atoms with E-state index in [1.807, 2.05) is 71.1 Å². The van der Waals surface area contributed by atoms with E-state index in [0.29, 0.717) is 18.7 Å². The largest absolute Gasteiger partial charge is 0.352 e. The van der Waals surface area contributed by atoms with Gasteiger partial charge in [-0.1, -0.05) is 42.5 Å². The van der Waals surface area contributed by atoms with Crippen molar-refractivity contribution in [3.63, 3.8) is 0 Å². The molecule has 7 nitrogen and oxygen atoms in total. The molecule has 0 spiro atoms. The van der Waals surface area contributed by atoms with Crippen LogP contribution < -0.4 is 4.90 Å². The Labute approximate surface area is 193 Å². The normalized spacial score (nSPS) is 13.9. The molecule has 2 aromatic carbocycles. The smallest absolute Gasteiger partial charge is 0.257 e. The molecule has 0 atom stereocenters. The Morgan fingerprint density at radius 2 is 1.55 bits per heavy atom. The number of nitrogens with zero attached hydrogens (tertiary/aromatic N) is 6. The SMILES string of the molecule is Cc1ccccc1-c1ccc(N2CCN(C(=O)c3cnn(-c4ccccc4)c3C)CC2)nn1. The second-order valence-electron chi connectivity index (χ2n) is 8.26. The molecule has 0 radical (unpaired) electrons. The van der Waals surface area contributed by atoms with Gasteiger partial charge in [-0.25, -0.2) is 4.68 Å². The zero-order valence-electron chi connectivity index (χ0n) is 18.8. The third kappa shape index (κ3) is 4.09. The monoisotopic (exact) mass is 438 g/mol. The Balaban J connectivity index is 1.25. The fourth-order valence-corrected chi connectivity index (χ4v) is 4.26. The first-order valence-corrected chi connectivity index (χ1v) is 11.2. The van der Waals surface area contributed by atoms with Crippen molar-refractivity contribution in [2.24, 2.45) is 0 Å². The second kappa shape index (κ2) is 8.86. The molecule has 1 fully saturated rings. The van der Waals surface area contributed by atoms with Crippen molar-refractivity contribution in [3.05, 3.63) is 89.7 Å². The lowest BCUT2D eigenvalue weighted by Crippen LogP contribution is -2.49. The van der Waals surface area contributed by atoms with E-state index in [9.17, 15) is 4.79 Å². The lowest BCUT2D eigenvalue weighted by molar-refractivity contribution is 0.0745. The number of benzene rings is 2. The van der Waals surface area contributed by atoms with E-state index in [0.717, 1.165) is 41.5 Å². The maximum absolute atomic E-state index is 13.2. The molecule has 3 heterocycles. The van der Waals surface area contributed by atoms with Crippen LogP contribution in [0.1, 0.15) is 21.6 Å². The number of para-hydroxylation sites is 1. The van der Waals surface area contributed by atoms with Crippen LogP contribution in [0.3, 0.4) is 0 Å². The molecule has 2 aromatic heterocycles. The number of hydrogen-bond donors (Lipinski definition) is 0. The Kier molecular flexibility index (Phi) is 5.60. The molecular weight excluding hydrogens is 412 g/mol. The summed E-state index contributed by atoms with van der Waals surface area (Å²) in [5, 5.41) is 13.3. The topological polar surface area (TPSA) is 67.2 Å². The summed E-state index contributed by atoms with van der Waals surface area (Å²) in [5.74, 6) is 0.864. The van der Waals surface area contributed by atoms with Gasteiger partial charge < -0.3 is 9.80 Å². The van der Waals surface area contributed by atoms with E-state index in [1.54, 1.807) is 6.20 Å². The quantitative estimate of drug-likeness (QED) is 0.483. The fraction of sp³-hybridized carbons (Fsp3) is 0.231. The van der Waals surface area contributed by atoms with Crippen molar-refractivity contribution in [2.45, 2.75) is 13.8 Å². The molecule has 1 amide bonds. The molecular formula is C26H26N6O. The molecule has 1 saturated heterocycles. The summed E-state index contributed by atoms with van der Waals surface area (Å²) < 4.78 is 1.81. The molecule has 4 aromatic rings. The Morgan fingerprint density at radius 1 is 0.818 bits per heavy atom. The number of aromatic nitrogens is 4. The number of hydrogen-bond acceptors (Lipinski definition) is 5. The van der Waals surface area contributed by atoms with Crippen molar-refractivity contribution >= 4 is 11.7 Å². The van der Waals surface area contributed by atoms with Gasteiger partial charge >= 0.3 is 0 Å². The van der Waals surface area contributed by atoms with E-state index in [4.69, 9.17) is 0 Å². The lowest BCUT2D eigenvalue weighted by atomic mass is 10.1. The minimum Gasteiger partial charge on any atom is -0.352 e. The summed E-state index contributed by atoms with van der Waals surface area (Å²) in [4.78, 5) is 17.2. The molecule has 7 heteroatoms. The number of carbonyl (C=O) groups is 1. The van der Waals surface area contributed by atoms with Gasteiger partial charge in [0.15, 0.2) is 5.82 Å². The Hall–Kier alpha value is -4.00. The average molecular weight is 439 g/mol. The maximum atomic E-state index is 13.2. The van der Waals surface area contributed by atoms with Crippen LogP contribution in [0.15, 0.2) is 72.9 Å². The third-order valence-electron chi connectivity index (χ3n) is 6.20. The minimum atomic E-state index is 0.0234. The minimum absolute atomic E-state index is 0.0234. The molecule has 0 unspecified atom stereocenters. The predicted octanol–water partition coefficient (Wildman–Crippen LogP) is 3.91. The van der Waals surface area contributed by atoms with Crippen LogP contribution in [0, 0.1) is 13.8 Å². The number of piperazine rings is 1. The summed E-state index contributed by atoms with van der Waals surface area (Å²) in [6.07, 6.45) is 1.67. The van der Waals surface area contributed by atoms with Gasteiger partial charge in [0, 0.05) is 31.7 Å². The molecule has 0 bridgehead atoms. The summed E-state index contributed by atoms with van der Waals surface area (Å²) in [6, 6.07) is 22.1. The highest BCUT2D eigenvalue weighted by Crippen LogP contribution is 2.23. The van der Waals surface area contributed by atoms with Crippen molar-refractivity contribution in [2.75, 3.05) is 31.1 Å². The first-order valence-electron chi connectivity index (χ1n) is 11.2. The van der Waals surface area contributed by atoms with Gasteiger partial charge in [-0.05, 0) is 43.7 Å². The second-order valence-corrected chi connectivity index (χ2v) is 8.26. The highest BCUT2D eigenvalue weighted by molar-refractivity contribution is 5.95. The Bertz CT molecular complexity index is 1260. The lowest BCUT2D eigenvalue weighted by Gasteiger charge is -2.35. The van der Waals surface area contributed by atoms with Crippen LogP contribution in [0.5, 0.6) is 0 Å². The molecule has 0 aliphatic carbocycles. The van der Waals surface area contributed by atoms with Gasteiger partial charge in [0.2, 0.25) is 0 Å². The zero-order valence-corrected chi connectivity index (χ0v) is 18.8. The first kappa shape index (κ1) is 20.9. The summed E-state index contributed by atoms with van der Waals surface area (Å²) >= 11 is 0. The van der Waals surface area contributed by atoms with Gasteiger partial charge in [0.05, 0.1) is 28.8 Å². The molecule has 33 heavy (non-hydrogen) atoms. The van der Waals surface area contributed by atoms with Gasteiger partial charge in [0.25, 0.3) is 5.91 Å². The highest BCUT2D eigenvalue weighted by Gasteiger charge is 2.26. The van der Waals surface area contributed by atoms with Crippen molar-refractivity contribution in [1.29, 1.82) is 0 Å². The van der Waals surface area contributed by atoms with Crippen LogP contribution in [-0.4, -0.2) is 57.0 Å². The zero-order chi connectivity index (χ0) is 22.8. The van der Waals surface area contributed by atoms with E-state index in [1.165, 1.54) is 5.56 Å². The molecule has 1 aliphatic heterocycles. The predicted molar refractivity (Wildman–Crippen MR) is 129 cm³/mol. The fourth-order valence-electron chi connectivity index (χ4n) is 4.26. The van der Waals surface area contributed by atoms with Crippen LogP contribution in [0.25, 0.3) is 16.9 Å². The van der Waals surface area contributed by atoms with Gasteiger partial charge in [0.1, 0.15) is 0 Å². The Morgan fingerprint density at radius 3 is 2.24 bits per heavy atom. The first-order chi connectivity index (χ1) is 16.1. The number of amides is 1. The van der Waals surface area contributed by atoms with Crippen LogP contribution in [0.4, 0.5) is 5.82 Å². The molecule has 0 saturated carbocycles. The summed E-state index contributed by atoms with van der Waals surface area (Å²) in [6.45, 7) is 6.72. The van der Waals surface area contributed by atoms with Crippen LogP contribution in [-0.2, 0) is 0 Å². The average Bonchev–Trinajstić information content (AvgIpc) is 3.26. The van der Waals surface area contributed by atoms with E-state index in [-0.39, 0.29) is 5.91 Å². The van der Waals surface area contributed by atoms with E-state index < -0.39 is 0 Å². The summed E-state index contributed by atoms with van der Waals surface area (Å²) in [7, 11) is 0. The standard InChI is InChI=1S/C26H26N6O/c1-19-8-6-7-11-22(19)24-12-13-25(29-28-24)30-14-16-31(17-15-30)26(33)23-18-27-32(20(23)2)21-9-4-3-5-10-21/h3-13,18H,14-17H2,1-2H3. The number of anilines is 1. The van der Waals surface area contributed by atoms with Crippen molar-refractivity contribution < 1.29 is 4.79 Å². The van der Waals surface area contributed by atoms with Crippen molar-refractivity contribution in [3.8, 4) is 16.9 Å².